The third-order valence-electron chi connectivity index (χ3n) is 7.71. The number of rotatable bonds is 13. The van der Waals surface area contributed by atoms with Crippen LogP contribution in [-0.2, 0) is 35.6 Å². The standard InChI is InChI=1S/C31H38N4O8S/c1-7-14-40-29(37)26-27(19(4)25-24(28(36)35(25)26)20(5)43-31(39)42-16-9-3)44-22-17-21(10-11-23-32-12-13-33(23)6)34(18-22)30(38)41-15-8-2/h7-13,19-22,24-25H,1-3,14-18H2,4-6H3/b11-10+/t19-,20-,21-,22+,24-,25-/m1/s1. The second kappa shape index (κ2) is 14.5. The minimum atomic E-state index is -0.901. The zero-order chi connectivity index (χ0) is 32.0. The van der Waals surface area contributed by atoms with Crippen molar-refractivity contribution in [2.45, 2.75) is 43.7 Å². The average molecular weight is 627 g/mol. The third kappa shape index (κ3) is 6.77. The Bertz CT molecular complexity index is 1370. The second-order valence-electron chi connectivity index (χ2n) is 10.6. The number of aromatic nitrogens is 2. The summed E-state index contributed by atoms with van der Waals surface area (Å²) in [4.78, 5) is 59.9. The van der Waals surface area contributed by atoms with Gasteiger partial charge in [0.2, 0.25) is 5.91 Å². The summed E-state index contributed by atoms with van der Waals surface area (Å²) in [5, 5.41) is -0.128. The molecule has 2 saturated heterocycles. The predicted molar refractivity (Wildman–Crippen MR) is 164 cm³/mol. The molecule has 3 aliphatic rings. The molecule has 0 saturated carbocycles. The largest absolute Gasteiger partial charge is 0.508 e. The monoisotopic (exact) mass is 626 g/mol. The SMILES string of the molecule is C=CCOC(=O)O[C@H](C)[C@H]1C(=O)N2C(C(=O)OCC=C)=C(S[C@H]3C[C@@H](/C=C/c4nccn4C)N(C(=O)OCC=C)C3)[C@H](C)[C@H]12. The van der Waals surface area contributed by atoms with E-state index >= 15 is 0 Å². The lowest BCUT2D eigenvalue weighted by molar-refractivity contribution is -0.164. The molecule has 1 aromatic heterocycles. The van der Waals surface area contributed by atoms with Gasteiger partial charge in [0, 0.05) is 42.1 Å². The maximum atomic E-state index is 13.4. The van der Waals surface area contributed by atoms with E-state index in [0.717, 1.165) is 5.82 Å². The Balaban J connectivity index is 1.57. The number of likely N-dealkylation sites (tertiary alicyclic amines) is 1. The van der Waals surface area contributed by atoms with Gasteiger partial charge in [-0.2, -0.15) is 0 Å². The molecule has 0 aliphatic carbocycles. The molecule has 2 fully saturated rings. The molecule has 12 nitrogen and oxygen atoms in total. The van der Waals surface area contributed by atoms with E-state index in [4.69, 9.17) is 18.9 Å². The molecule has 1 aromatic rings. The fourth-order valence-corrected chi connectivity index (χ4v) is 7.21. The second-order valence-corrected chi connectivity index (χ2v) is 11.9. The van der Waals surface area contributed by atoms with Crippen LogP contribution in [0.4, 0.5) is 9.59 Å². The highest BCUT2D eigenvalue weighted by atomic mass is 32.2. The van der Waals surface area contributed by atoms with E-state index in [9.17, 15) is 19.2 Å². The number of ether oxygens (including phenoxy) is 4. The Morgan fingerprint density at radius 1 is 1.11 bits per heavy atom. The number of aryl methyl sites for hydroxylation is 1. The molecule has 0 N–H and O–H groups in total. The summed E-state index contributed by atoms with van der Waals surface area (Å²) in [6, 6.07) is -0.718. The maximum Gasteiger partial charge on any atom is 0.508 e. The number of hydrogen-bond donors (Lipinski definition) is 0. The van der Waals surface area contributed by atoms with Crippen LogP contribution in [0.2, 0.25) is 0 Å². The molecule has 44 heavy (non-hydrogen) atoms. The van der Waals surface area contributed by atoms with Crippen LogP contribution in [0.15, 0.2) is 67.0 Å². The lowest BCUT2D eigenvalue weighted by Gasteiger charge is -2.47. The van der Waals surface area contributed by atoms with Crippen molar-refractivity contribution < 1.29 is 38.1 Å². The molecule has 0 bridgehead atoms. The maximum absolute atomic E-state index is 13.4. The van der Waals surface area contributed by atoms with Gasteiger partial charge in [0.1, 0.15) is 37.4 Å². The van der Waals surface area contributed by atoms with Gasteiger partial charge < -0.3 is 33.3 Å². The molecule has 4 rings (SSSR count). The summed E-state index contributed by atoms with van der Waals surface area (Å²) in [6.07, 6.45) is 10.1. The van der Waals surface area contributed by atoms with Crippen molar-refractivity contribution in [3.63, 3.8) is 0 Å². The smallest absolute Gasteiger partial charge is 0.457 e. The number of carbonyl (C=O) groups is 4. The van der Waals surface area contributed by atoms with Crippen LogP contribution >= 0.6 is 11.8 Å². The van der Waals surface area contributed by atoms with E-state index in [1.165, 1.54) is 34.9 Å². The number of hydrogen-bond acceptors (Lipinski definition) is 10. The lowest BCUT2D eigenvalue weighted by Crippen LogP contribution is -2.64. The van der Waals surface area contributed by atoms with E-state index in [1.807, 2.05) is 36.9 Å². The number of β-lactam (4-membered cyclic amide) rings is 1. The van der Waals surface area contributed by atoms with Crippen molar-refractivity contribution in [2.24, 2.45) is 18.9 Å². The average Bonchev–Trinajstić information content (AvgIpc) is 3.67. The predicted octanol–water partition coefficient (Wildman–Crippen LogP) is 4.08. The molecule has 13 heteroatoms. The van der Waals surface area contributed by atoms with E-state index in [0.29, 0.717) is 17.9 Å². The lowest BCUT2D eigenvalue weighted by atomic mass is 9.79. The zero-order valence-corrected chi connectivity index (χ0v) is 25.9. The van der Waals surface area contributed by atoms with Crippen LogP contribution in [0.25, 0.3) is 6.08 Å². The van der Waals surface area contributed by atoms with E-state index in [1.54, 1.807) is 18.0 Å². The van der Waals surface area contributed by atoms with Gasteiger partial charge in [-0.25, -0.2) is 19.4 Å². The van der Waals surface area contributed by atoms with Crippen LogP contribution in [0, 0.1) is 11.8 Å². The third-order valence-corrected chi connectivity index (χ3v) is 9.20. The molecule has 3 aliphatic heterocycles. The van der Waals surface area contributed by atoms with Crippen LogP contribution in [0.5, 0.6) is 0 Å². The first-order chi connectivity index (χ1) is 21.1. The van der Waals surface area contributed by atoms with Gasteiger partial charge in [-0.3, -0.25) is 4.79 Å². The van der Waals surface area contributed by atoms with Gasteiger partial charge in [-0.05, 0) is 19.4 Å². The minimum absolute atomic E-state index is 0.0187. The van der Waals surface area contributed by atoms with Crippen molar-refractivity contribution in [2.75, 3.05) is 26.4 Å². The highest BCUT2D eigenvalue weighted by molar-refractivity contribution is 8.03. The van der Waals surface area contributed by atoms with Crippen LogP contribution in [0.3, 0.4) is 0 Å². The van der Waals surface area contributed by atoms with Gasteiger partial charge in [-0.1, -0.05) is 51.0 Å². The minimum Gasteiger partial charge on any atom is -0.457 e. The van der Waals surface area contributed by atoms with Gasteiger partial charge in [0.05, 0.1) is 18.0 Å². The Kier molecular flexibility index (Phi) is 10.7. The highest BCUT2D eigenvalue weighted by Gasteiger charge is 2.61. The molecule has 0 spiro atoms. The first-order valence-electron chi connectivity index (χ1n) is 14.3. The van der Waals surface area contributed by atoms with E-state index in [-0.39, 0.29) is 48.6 Å². The van der Waals surface area contributed by atoms with Crippen LogP contribution < -0.4 is 0 Å². The number of thioether (sulfide) groups is 1. The summed E-state index contributed by atoms with van der Waals surface area (Å²) in [5.41, 5.74) is 0.171. The number of amides is 2. The molecule has 236 valence electrons. The molecular weight excluding hydrogens is 588 g/mol. The topological polar surface area (TPSA) is 130 Å². The molecule has 4 heterocycles. The normalized spacial score (nSPS) is 24.9. The molecule has 0 unspecified atom stereocenters. The fraction of sp³-hybridized carbons (Fsp3) is 0.452. The van der Waals surface area contributed by atoms with Crippen molar-refractivity contribution in [1.29, 1.82) is 0 Å². The number of imidazole rings is 1. The molecule has 0 radical (unpaired) electrons. The van der Waals surface area contributed by atoms with Crippen LogP contribution in [0.1, 0.15) is 26.1 Å². The Hall–Kier alpha value is -4.26. The van der Waals surface area contributed by atoms with Crippen LogP contribution in [-0.4, -0.2) is 93.3 Å². The summed E-state index contributed by atoms with van der Waals surface area (Å²) in [7, 11) is 1.88. The number of nitrogens with zero attached hydrogens (tertiary/aromatic N) is 4. The number of esters is 1. The molecule has 6 atom stereocenters. The first kappa shape index (κ1) is 32.6. The van der Waals surface area contributed by atoms with Gasteiger partial charge in [0.15, 0.2) is 0 Å². The number of fused-ring (bicyclic) bond motifs is 1. The molecule has 0 aromatic carbocycles. The van der Waals surface area contributed by atoms with Gasteiger partial charge >= 0.3 is 18.2 Å². The first-order valence-corrected chi connectivity index (χ1v) is 15.2. The summed E-state index contributed by atoms with van der Waals surface area (Å²) in [5.74, 6) is -1.20. The number of carbonyl (C=O) groups excluding carboxylic acids is 4. The summed E-state index contributed by atoms with van der Waals surface area (Å²) < 4.78 is 22.9. The van der Waals surface area contributed by atoms with Gasteiger partial charge in [0.25, 0.3) is 0 Å². The van der Waals surface area contributed by atoms with E-state index < -0.39 is 36.3 Å². The Morgan fingerprint density at radius 3 is 2.45 bits per heavy atom. The van der Waals surface area contributed by atoms with Crippen molar-refractivity contribution in [3.05, 3.63) is 72.9 Å². The molecular formula is C31H38N4O8S. The Labute approximate surface area is 261 Å². The summed E-state index contributed by atoms with van der Waals surface area (Å²) in [6.45, 7) is 14.7. The quantitative estimate of drug-likeness (QED) is 0.137. The molecule has 2 amide bonds. The Morgan fingerprint density at radius 2 is 1.80 bits per heavy atom. The van der Waals surface area contributed by atoms with Crippen molar-refractivity contribution in [3.8, 4) is 0 Å². The van der Waals surface area contributed by atoms with Crippen molar-refractivity contribution in [1.82, 2.24) is 19.4 Å². The summed E-state index contributed by atoms with van der Waals surface area (Å²) >= 11 is 1.45. The van der Waals surface area contributed by atoms with Crippen molar-refractivity contribution >= 4 is 42.0 Å². The fourth-order valence-electron chi connectivity index (χ4n) is 5.68. The zero-order valence-electron chi connectivity index (χ0n) is 25.1. The highest BCUT2D eigenvalue weighted by Crippen LogP contribution is 2.53. The van der Waals surface area contributed by atoms with Gasteiger partial charge in [-0.15, -0.1) is 11.8 Å². The van der Waals surface area contributed by atoms with E-state index in [2.05, 4.69) is 24.7 Å².